The molecule has 120 valence electrons. The summed E-state index contributed by atoms with van der Waals surface area (Å²) in [5, 5.41) is 0. The summed E-state index contributed by atoms with van der Waals surface area (Å²) in [6.07, 6.45) is 1.09. The van der Waals surface area contributed by atoms with Gasteiger partial charge in [0.15, 0.2) is 0 Å². The molecule has 0 bridgehead atoms. The van der Waals surface area contributed by atoms with Gasteiger partial charge in [-0.05, 0) is 24.5 Å². The Kier molecular flexibility index (Phi) is 6.55. The zero-order valence-corrected chi connectivity index (χ0v) is 13.4. The van der Waals surface area contributed by atoms with E-state index in [1.54, 1.807) is 6.92 Å². The maximum Gasteiger partial charge on any atom is 0.309 e. The molecule has 1 atom stereocenters. The fourth-order valence-corrected chi connectivity index (χ4v) is 2.57. The van der Waals surface area contributed by atoms with Crippen LogP contribution in [0.25, 0.3) is 0 Å². The first-order valence-electron chi connectivity index (χ1n) is 7.95. The minimum absolute atomic E-state index is 0.0604. The highest BCUT2D eigenvalue weighted by Crippen LogP contribution is 2.16. The smallest absolute Gasteiger partial charge is 0.309 e. The first-order valence-corrected chi connectivity index (χ1v) is 7.95. The summed E-state index contributed by atoms with van der Waals surface area (Å²) in [7, 11) is 0. The molecule has 23 heavy (non-hydrogen) atoms. The molecule has 0 saturated heterocycles. The van der Waals surface area contributed by atoms with Crippen molar-refractivity contribution in [3.8, 4) is 0 Å². The Hall–Kier alpha value is -2.42. The number of esters is 1. The van der Waals surface area contributed by atoms with Crippen molar-refractivity contribution in [1.29, 1.82) is 0 Å². The number of carbonyl (C=O) groups excluding carboxylic acids is 2. The molecule has 2 aromatic carbocycles. The van der Waals surface area contributed by atoms with E-state index in [1.165, 1.54) is 0 Å². The highest BCUT2D eigenvalue weighted by atomic mass is 16.5. The monoisotopic (exact) mass is 310 g/mol. The van der Waals surface area contributed by atoms with E-state index in [1.807, 2.05) is 60.7 Å². The third-order valence-corrected chi connectivity index (χ3v) is 3.66. The Balaban J connectivity index is 2.01. The van der Waals surface area contributed by atoms with Crippen LogP contribution in [0.4, 0.5) is 0 Å². The molecule has 0 amide bonds. The second kappa shape index (κ2) is 8.89. The van der Waals surface area contributed by atoms with Crippen LogP contribution < -0.4 is 0 Å². The molecule has 3 nitrogen and oxygen atoms in total. The predicted molar refractivity (Wildman–Crippen MR) is 90.0 cm³/mol. The van der Waals surface area contributed by atoms with Crippen molar-refractivity contribution in [2.24, 2.45) is 5.92 Å². The molecule has 2 aromatic rings. The van der Waals surface area contributed by atoms with Crippen LogP contribution in [0.1, 0.15) is 24.5 Å². The molecule has 0 radical (unpaired) electrons. The van der Waals surface area contributed by atoms with Crippen LogP contribution in [0.15, 0.2) is 60.7 Å². The van der Waals surface area contributed by atoms with Crippen LogP contribution in [-0.2, 0) is 27.2 Å². The lowest BCUT2D eigenvalue weighted by Gasteiger charge is -2.15. The predicted octanol–water partition coefficient (Wildman–Crippen LogP) is 3.61. The van der Waals surface area contributed by atoms with Crippen molar-refractivity contribution in [1.82, 2.24) is 0 Å². The summed E-state index contributed by atoms with van der Waals surface area (Å²) in [6, 6.07) is 19.3. The lowest BCUT2D eigenvalue weighted by molar-refractivity contribution is -0.149. The van der Waals surface area contributed by atoms with Gasteiger partial charge in [0.05, 0.1) is 12.5 Å². The van der Waals surface area contributed by atoms with Crippen LogP contribution in [0.2, 0.25) is 0 Å². The SMILES string of the molecule is CCOC(=O)C(CC(=O)Cc1ccccc1)Cc1ccccc1. The zero-order chi connectivity index (χ0) is 16.5. The van der Waals surface area contributed by atoms with Gasteiger partial charge in [-0.1, -0.05) is 60.7 Å². The number of hydrogen-bond donors (Lipinski definition) is 0. The normalized spacial score (nSPS) is 11.7. The maximum atomic E-state index is 12.3. The summed E-state index contributed by atoms with van der Waals surface area (Å²) in [5.41, 5.74) is 2.01. The van der Waals surface area contributed by atoms with Crippen molar-refractivity contribution >= 4 is 11.8 Å². The van der Waals surface area contributed by atoms with Crippen molar-refractivity contribution < 1.29 is 14.3 Å². The fourth-order valence-electron chi connectivity index (χ4n) is 2.57. The van der Waals surface area contributed by atoms with E-state index < -0.39 is 5.92 Å². The molecular weight excluding hydrogens is 288 g/mol. The zero-order valence-electron chi connectivity index (χ0n) is 13.4. The van der Waals surface area contributed by atoms with Crippen molar-refractivity contribution in [2.75, 3.05) is 6.61 Å². The third kappa shape index (κ3) is 5.70. The van der Waals surface area contributed by atoms with Crippen LogP contribution in [0.5, 0.6) is 0 Å². The number of Topliss-reactive ketones (excluding diaryl/α,β-unsaturated/α-hetero) is 1. The van der Waals surface area contributed by atoms with Gasteiger partial charge in [-0.2, -0.15) is 0 Å². The van der Waals surface area contributed by atoms with E-state index >= 15 is 0 Å². The Morgan fingerprint density at radius 2 is 1.48 bits per heavy atom. The van der Waals surface area contributed by atoms with E-state index in [2.05, 4.69) is 0 Å². The highest BCUT2D eigenvalue weighted by molar-refractivity contribution is 5.86. The number of hydrogen-bond acceptors (Lipinski definition) is 3. The minimum atomic E-state index is -0.423. The molecule has 0 aliphatic heterocycles. The molecule has 0 spiro atoms. The number of carbonyl (C=O) groups is 2. The third-order valence-electron chi connectivity index (χ3n) is 3.66. The lowest BCUT2D eigenvalue weighted by atomic mass is 9.92. The van der Waals surface area contributed by atoms with Gasteiger partial charge in [0, 0.05) is 12.8 Å². The highest BCUT2D eigenvalue weighted by Gasteiger charge is 2.23. The Morgan fingerprint density at radius 3 is 2.04 bits per heavy atom. The second-order valence-corrected chi connectivity index (χ2v) is 5.54. The molecule has 0 heterocycles. The standard InChI is InChI=1S/C20H22O3/c1-2-23-20(22)18(13-16-9-5-3-6-10-16)15-19(21)14-17-11-7-4-8-12-17/h3-12,18H,2,13-15H2,1H3. The van der Waals surface area contributed by atoms with E-state index in [0.29, 0.717) is 19.4 Å². The topological polar surface area (TPSA) is 43.4 Å². The van der Waals surface area contributed by atoms with Gasteiger partial charge in [0.2, 0.25) is 0 Å². The first kappa shape index (κ1) is 16.9. The molecule has 0 fully saturated rings. The molecule has 0 aromatic heterocycles. The van der Waals surface area contributed by atoms with E-state index in [4.69, 9.17) is 4.74 Å². The number of ether oxygens (including phenoxy) is 1. The summed E-state index contributed by atoms with van der Waals surface area (Å²) in [4.78, 5) is 24.5. The van der Waals surface area contributed by atoms with Crippen molar-refractivity contribution in [3.63, 3.8) is 0 Å². The van der Waals surface area contributed by atoms with Crippen LogP contribution in [-0.4, -0.2) is 18.4 Å². The fraction of sp³-hybridized carbons (Fsp3) is 0.300. The first-order chi connectivity index (χ1) is 11.2. The molecule has 0 N–H and O–H groups in total. The van der Waals surface area contributed by atoms with Gasteiger partial charge in [-0.15, -0.1) is 0 Å². The van der Waals surface area contributed by atoms with Crippen LogP contribution >= 0.6 is 0 Å². The maximum absolute atomic E-state index is 12.3. The van der Waals surface area contributed by atoms with Crippen molar-refractivity contribution in [2.45, 2.75) is 26.2 Å². The quantitative estimate of drug-likeness (QED) is 0.700. The van der Waals surface area contributed by atoms with E-state index in [0.717, 1.165) is 11.1 Å². The Morgan fingerprint density at radius 1 is 0.913 bits per heavy atom. The van der Waals surface area contributed by atoms with E-state index in [-0.39, 0.29) is 18.2 Å². The van der Waals surface area contributed by atoms with Gasteiger partial charge >= 0.3 is 5.97 Å². The molecule has 2 rings (SSSR count). The van der Waals surface area contributed by atoms with Gasteiger partial charge in [0.1, 0.15) is 5.78 Å². The number of ketones is 1. The second-order valence-electron chi connectivity index (χ2n) is 5.54. The summed E-state index contributed by atoms with van der Waals surface area (Å²) >= 11 is 0. The molecule has 0 aliphatic rings. The molecule has 0 saturated carbocycles. The number of rotatable bonds is 8. The van der Waals surface area contributed by atoms with Gasteiger partial charge < -0.3 is 4.74 Å². The van der Waals surface area contributed by atoms with Gasteiger partial charge in [-0.25, -0.2) is 0 Å². The Bertz CT molecular complexity index is 620. The average molecular weight is 310 g/mol. The van der Waals surface area contributed by atoms with Gasteiger partial charge in [-0.3, -0.25) is 9.59 Å². The van der Waals surface area contributed by atoms with Gasteiger partial charge in [0.25, 0.3) is 0 Å². The largest absolute Gasteiger partial charge is 0.466 e. The number of benzene rings is 2. The molecule has 1 unspecified atom stereocenters. The summed E-state index contributed by atoms with van der Waals surface area (Å²) in [5.74, 6) is -0.656. The summed E-state index contributed by atoms with van der Waals surface area (Å²) in [6.45, 7) is 2.11. The summed E-state index contributed by atoms with van der Waals surface area (Å²) < 4.78 is 5.14. The molecule has 3 heteroatoms. The van der Waals surface area contributed by atoms with Crippen LogP contribution in [0, 0.1) is 5.92 Å². The average Bonchev–Trinajstić information content (AvgIpc) is 2.56. The Labute approximate surface area is 137 Å². The molecule has 0 aliphatic carbocycles. The minimum Gasteiger partial charge on any atom is -0.466 e. The lowest BCUT2D eigenvalue weighted by Crippen LogP contribution is -2.24. The molecular formula is C20H22O3. The van der Waals surface area contributed by atoms with Crippen LogP contribution in [0.3, 0.4) is 0 Å². The van der Waals surface area contributed by atoms with E-state index in [9.17, 15) is 9.59 Å². The van der Waals surface area contributed by atoms with Crippen molar-refractivity contribution in [3.05, 3.63) is 71.8 Å².